The summed E-state index contributed by atoms with van der Waals surface area (Å²) >= 11 is 5.99. The van der Waals surface area contributed by atoms with Crippen LogP contribution in [0.5, 0.6) is 0 Å². The maximum absolute atomic E-state index is 5.99. The summed E-state index contributed by atoms with van der Waals surface area (Å²) in [6, 6.07) is 6.07. The molecule has 1 heterocycles. The van der Waals surface area contributed by atoms with Crippen LogP contribution in [0, 0.1) is 6.92 Å². The molecule has 1 aromatic heterocycles. The Labute approximate surface area is 106 Å². The van der Waals surface area contributed by atoms with Crippen molar-refractivity contribution in [1.82, 2.24) is 9.78 Å². The van der Waals surface area contributed by atoms with Crippen LogP contribution in [0.4, 0.5) is 5.69 Å². The highest BCUT2D eigenvalue weighted by Gasteiger charge is 2.08. The molecule has 90 valence electrons. The van der Waals surface area contributed by atoms with Gasteiger partial charge in [-0.05, 0) is 31.5 Å². The van der Waals surface area contributed by atoms with Crippen molar-refractivity contribution in [3.63, 3.8) is 0 Å². The molecule has 17 heavy (non-hydrogen) atoms. The van der Waals surface area contributed by atoms with E-state index in [1.165, 1.54) is 5.56 Å². The van der Waals surface area contributed by atoms with Gasteiger partial charge in [0, 0.05) is 29.5 Å². The van der Waals surface area contributed by atoms with Gasteiger partial charge in [-0.25, -0.2) is 0 Å². The Kier molecular flexibility index (Phi) is 3.38. The summed E-state index contributed by atoms with van der Waals surface area (Å²) < 4.78 is 1.80. The number of aromatic nitrogens is 2. The van der Waals surface area contributed by atoms with Gasteiger partial charge in [0.05, 0.1) is 12.2 Å². The number of nitrogens with zero attached hydrogens (tertiary/aromatic N) is 2. The zero-order valence-corrected chi connectivity index (χ0v) is 11.0. The van der Waals surface area contributed by atoms with Crippen molar-refractivity contribution in [1.29, 1.82) is 0 Å². The van der Waals surface area contributed by atoms with Crippen molar-refractivity contribution in [3.05, 3.63) is 46.7 Å². The summed E-state index contributed by atoms with van der Waals surface area (Å²) in [6.45, 7) is 4.17. The zero-order valence-electron chi connectivity index (χ0n) is 10.2. The second kappa shape index (κ2) is 4.80. The number of hydrogen-bond acceptors (Lipinski definition) is 2. The zero-order chi connectivity index (χ0) is 12.4. The molecule has 2 rings (SSSR count). The van der Waals surface area contributed by atoms with Gasteiger partial charge in [0.1, 0.15) is 0 Å². The van der Waals surface area contributed by atoms with Crippen LogP contribution in [0.1, 0.15) is 24.1 Å². The molecule has 0 aliphatic carbocycles. The topological polar surface area (TPSA) is 29.9 Å². The highest BCUT2D eigenvalue weighted by atomic mass is 35.5. The Hall–Kier alpha value is -1.48. The Balaban J connectivity index is 2.18. The molecular weight excluding hydrogens is 234 g/mol. The highest BCUT2D eigenvalue weighted by molar-refractivity contribution is 6.30. The van der Waals surface area contributed by atoms with Crippen LogP contribution >= 0.6 is 11.6 Å². The van der Waals surface area contributed by atoms with E-state index in [1.54, 1.807) is 4.68 Å². The molecule has 0 aliphatic rings. The van der Waals surface area contributed by atoms with Crippen LogP contribution < -0.4 is 5.32 Å². The van der Waals surface area contributed by atoms with Crippen LogP contribution in [0.25, 0.3) is 0 Å². The van der Waals surface area contributed by atoms with E-state index in [2.05, 4.69) is 24.3 Å². The van der Waals surface area contributed by atoms with Gasteiger partial charge < -0.3 is 5.32 Å². The van der Waals surface area contributed by atoms with E-state index in [0.717, 1.165) is 16.3 Å². The maximum Gasteiger partial charge on any atom is 0.0542 e. The Bertz CT molecular complexity index is 519. The fourth-order valence-corrected chi connectivity index (χ4v) is 1.90. The van der Waals surface area contributed by atoms with Crippen molar-refractivity contribution in [2.24, 2.45) is 7.05 Å². The number of hydrogen-bond donors (Lipinski definition) is 1. The normalized spacial score (nSPS) is 12.5. The lowest BCUT2D eigenvalue weighted by Crippen LogP contribution is -2.06. The predicted octanol–water partition coefficient (Wildman–Crippen LogP) is 3.56. The first-order valence-corrected chi connectivity index (χ1v) is 5.95. The Morgan fingerprint density at radius 1 is 1.41 bits per heavy atom. The minimum atomic E-state index is 0.209. The van der Waals surface area contributed by atoms with Crippen LogP contribution in [0.15, 0.2) is 30.6 Å². The Morgan fingerprint density at radius 3 is 2.82 bits per heavy atom. The molecule has 0 bridgehead atoms. The van der Waals surface area contributed by atoms with Crippen molar-refractivity contribution in [2.45, 2.75) is 19.9 Å². The molecule has 2 aromatic rings. The van der Waals surface area contributed by atoms with Crippen LogP contribution in [-0.2, 0) is 7.05 Å². The summed E-state index contributed by atoms with van der Waals surface area (Å²) in [7, 11) is 1.92. The molecule has 1 aromatic carbocycles. The molecule has 0 saturated heterocycles. The third-order valence-corrected chi connectivity index (χ3v) is 3.03. The minimum Gasteiger partial charge on any atom is -0.378 e. The fraction of sp³-hybridized carbons (Fsp3) is 0.308. The monoisotopic (exact) mass is 249 g/mol. The lowest BCUT2D eigenvalue weighted by atomic mass is 10.1. The first-order valence-electron chi connectivity index (χ1n) is 5.57. The molecule has 0 radical (unpaired) electrons. The molecule has 1 unspecified atom stereocenters. The molecule has 0 aliphatic heterocycles. The van der Waals surface area contributed by atoms with E-state index < -0.39 is 0 Å². The van der Waals surface area contributed by atoms with Gasteiger partial charge in [-0.2, -0.15) is 5.10 Å². The number of benzene rings is 1. The average Bonchev–Trinajstić information content (AvgIpc) is 2.70. The lowest BCUT2D eigenvalue weighted by molar-refractivity contribution is 0.765. The molecule has 0 saturated carbocycles. The molecule has 0 fully saturated rings. The first kappa shape index (κ1) is 12.0. The first-order chi connectivity index (χ1) is 8.06. The third kappa shape index (κ3) is 2.80. The van der Waals surface area contributed by atoms with E-state index in [1.807, 2.05) is 37.6 Å². The molecule has 0 spiro atoms. The molecule has 4 heteroatoms. The van der Waals surface area contributed by atoms with Crippen molar-refractivity contribution in [2.75, 3.05) is 5.32 Å². The smallest absolute Gasteiger partial charge is 0.0542 e. The van der Waals surface area contributed by atoms with E-state index in [-0.39, 0.29) is 6.04 Å². The van der Waals surface area contributed by atoms with Crippen molar-refractivity contribution >= 4 is 17.3 Å². The Morgan fingerprint density at radius 2 is 2.18 bits per heavy atom. The highest BCUT2D eigenvalue weighted by Crippen LogP contribution is 2.24. The van der Waals surface area contributed by atoms with Gasteiger partial charge in [0.15, 0.2) is 0 Å². The number of nitrogens with one attached hydrogen (secondary N) is 1. The van der Waals surface area contributed by atoms with E-state index in [0.29, 0.717) is 0 Å². The third-order valence-electron chi connectivity index (χ3n) is 2.80. The van der Waals surface area contributed by atoms with Crippen LogP contribution in [0.3, 0.4) is 0 Å². The second-order valence-corrected chi connectivity index (χ2v) is 4.71. The van der Waals surface area contributed by atoms with Gasteiger partial charge in [0.25, 0.3) is 0 Å². The van der Waals surface area contributed by atoms with Crippen LogP contribution in [0.2, 0.25) is 5.02 Å². The predicted molar refractivity (Wildman–Crippen MR) is 71.4 cm³/mol. The number of rotatable bonds is 3. The quantitative estimate of drug-likeness (QED) is 0.902. The van der Waals surface area contributed by atoms with Gasteiger partial charge in [-0.3, -0.25) is 4.68 Å². The maximum atomic E-state index is 5.99. The average molecular weight is 250 g/mol. The van der Waals surface area contributed by atoms with E-state index in [9.17, 15) is 0 Å². The summed E-state index contributed by atoms with van der Waals surface area (Å²) in [6.07, 6.45) is 3.88. The molecule has 3 nitrogen and oxygen atoms in total. The van der Waals surface area contributed by atoms with E-state index >= 15 is 0 Å². The summed E-state index contributed by atoms with van der Waals surface area (Å²) in [4.78, 5) is 0. The van der Waals surface area contributed by atoms with E-state index in [4.69, 9.17) is 11.6 Å². The SMILES string of the molecule is Cc1ccc(Cl)cc1NC(C)c1cnn(C)c1. The second-order valence-electron chi connectivity index (χ2n) is 4.27. The number of aryl methyl sites for hydroxylation is 2. The molecule has 1 N–H and O–H groups in total. The minimum absolute atomic E-state index is 0.209. The summed E-state index contributed by atoms with van der Waals surface area (Å²) in [5, 5.41) is 8.36. The van der Waals surface area contributed by atoms with Crippen molar-refractivity contribution in [3.8, 4) is 0 Å². The standard InChI is InChI=1S/C13H16ClN3/c1-9-4-5-12(14)6-13(9)16-10(2)11-7-15-17(3)8-11/h4-8,10,16H,1-3H3. The largest absolute Gasteiger partial charge is 0.378 e. The number of anilines is 1. The molecule has 1 atom stereocenters. The van der Waals surface area contributed by atoms with Crippen LogP contribution in [-0.4, -0.2) is 9.78 Å². The summed E-state index contributed by atoms with van der Waals surface area (Å²) in [5.74, 6) is 0. The van der Waals surface area contributed by atoms with Gasteiger partial charge in [-0.15, -0.1) is 0 Å². The van der Waals surface area contributed by atoms with Gasteiger partial charge in [-0.1, -0.05) is 17.7 Å². The number of halogens is 1. The fourth-order valence-electron chi connectivity index (χ4n) is 1.73. The molecule has 0 amide bonds. The lowest BCUT2D eigenvalue weighted by Gasteiger charge is -2.15. The van der Waals surface area contributed by atoms with Gasteiger partial charge >= 0.3 is 0 Å². The van der Waals surface area contributed by atoms with Gasteiger partial charge in [0.2, 0.25) is 0 Å². The van der Waals surface area contributed by atoms with Crippen molar-refractivity contribution < 1.29 is 0 Å². The molecular formula is C13H16ClN3. The summed E-state index contributed by atoms with van der Waals surface area (Å²) in [5.41, 5.74) is 3.41.